The van der Waals surface area contributed by atoms with Crippen LogP contribution in [0.3, 0.4) is 0 Å². The molecule has 1 heterocycles. The molecule has 0 saturated heterocycles. The first-order valence-corrected chi connectivity index (χ1v) is 7.26. The normalized spacial score (nSPS) is 11.9. The average Bonchev–Trinajstić information content (AvgIpc) is 2.41. The lowest BCUT2D eigenvalue weighted by Gasteiger charge is -2.11. The van der Waals surface area contributed by atoms with E-state index < -0.39 is 0 Å². The van der Waals surface area contributed by atoms with E-state index in [2.05, 4.69) is 15.3 Å². The molecule has 2 aromatic rings. The van der Waals surface area contributed by atoms with Gasteiger partial charge in [0.2, 0.25) is 5.91 Å². The minimum atomic E-state index is -0.252. The summed E-state index contributed by atoms with van der Waals surface area (Å²) in [6.07, 6.45) is 1.70. The van der Waals surface area contributed by atoms with Gasteiger partial charge < -0.3 is 5.32 Å². The fourth-order valence-corrected chi connectivity index (χ4v) is 2.38. The van der Waals surface area contributed by atoms with E-state index in [0.29, 0.717) is 5.16 Å². The van der Waals surface area contributed by atoms with Crippen LogP contribution in [0.25, 0.3) is 0 Å². The number of carbonyl (C=O) groups excluding carboxylic acids is 1. The fourth-order valence-electron chi connectivity index (χ4n) is 1.58. The van der Waals surface area contributed by atoms with Gasteiger partial charge in [-0.3, -0.25) is 4.79 Å². The van der Waals surface area contributed by atoms with E-state index in [9.17, 15) is 4.79 Å². The Balaban J connectivity index is 1.96. The predicted octanol–water partition coefficient (Wildman–Crippen LogP) is 3.21. The topological polar surface area (TPSA) is 54.9 Å². The lowest BCUT2D eigenvalue weighted by molar-refractivity contribution is -0.115. The van der Waals surface area contributed by atoms with Gasteiger partial charge in [0.1, 0.15) is 0 Å². The Hall–Kier alpha value is -1.88. The van der Waals surface area contributed by atoms with Crippen LogP contribution in [-0.4, -0.2) is 21.1 Å². The molecule has 1 aromatic heterocycles. The predicted molar refractivity (Wildman–Crippen MR) is 81.9 cm³/mol. The number of hydrogen-bond donors (Lipinski definition) is 1. The minimum Gasteiger partial charge on any atom is -0.325 e. The molecule has 0 bridgehead atoms. The summed E-state index contributed by atoms with van der Waals surface area (Å²) in [7, 11) is 0. The monoisotopic (exact) mass is 287 g/mol. The molecule has 104 valence electrons. The minimum absolute atomic E-state index is 0.0519. The average molecular weight is 287 g/mol. The van der Waals surface area contributed by atoms with E-state index >= 15 is 0 Å². The number of aryl methyl sites for hydroxylation is 2. The highest BCUT2D eigenvalue weighted by Gasteiger charge is 2.16. The largest absolute Gasteiger partial charge is 0.325 e. The molecule has 5 heteroatoms. The van der Waals surface area contributed by atoms with Gasteiger partial charge >= 0.3 is 0 Å². The van der Waals surface area contributed by atoms with Gasteiger partial charge in [-0.2, -0.15) is 0 Å². The summed E-state index contributed by atoms with van der Waals surface area (Å²) >= 11 is 1.35. The van der Waals surface area contributed by atoms with Gasteiger partial charge in [0, 0.05) is 17.6 Å². The second-order valence-electron chi connectivity index (χ2n) is 4.60. The number of thioether (sulfide) groups is 1. The molecular weight excluding hydrogens is 270 g/mol. The number of nitrogens with one attached hydrogen (secondary N) is 1. The Morgan fingerprint density at radius 2 is 1.90 bits per heavy atom. The van der Waals surface area contributed by atoms with Crippen LogP contribution in [0.15, 0.2) is 41.7 Å². The van der Waals surface area contributed by atoms with Crippen LogP contribution in [0.4, 0.5) is 5.69 Å². The molecule has 0 unspecified atom stereocenters. The third-order valence-corrected chi connectivity index (χ3v) is 3.72. The molecule has 1 atom stereocenters. The Morgan fingerprint density at radius 3 is 2.55 bits per heavy atom. The van der Waals surface area contributed by atoms with Gasteiger partial charge in [-0.05, 0) is 39.0 Å². The van der Waals surface area contributed by atoms with Crippen molar-refractivity contribution in [2.75, 3.05) is 5.32 Å². The van der Waals surface area contributed by atoms with Crippen molar-refractivity contribution in [3.8, 4) is 0 Å². The highest BCUT2D eigenvalue weighted by atomic mass is 32.2. The number of carbonyl (C=O) groups is 1. The van der Waals surface area contributed by atoms with Crippen molar-refractivity contribution >= 4 is 23.4 Å². The van der Waals surface area contributed by atoms with Gasteiger partial charge in [-0.1, -0.05) is 29.5 Å². The maximum atomic E-state index is 12.1. The van der Waals surface area contributed by atoms with Crippen molar-refractivity contribution in [1.29, 1.82) is 0 Å². The first-order valence-electron chi connectivity index (χ1n) is 6.38. The molecule has 0 aliphatic carbocycles. The Kier molecular flexibility index (Phi) is 4.74. The zero-order chi connectivity index (χ0) is 14.5. The number of aromatic nitrogens is 2. The smallest absolute Gasteiger partial charge is 0.237 e. The molecule has 2 rings (SSSR count). The molecule has 4 nitrogen and oxygen atoms in total. The highest BCUT2D eigenvalue weighted by molar-refractivity contribution is 8.00. The molecule has 0 spiro atoms. The van der Waals surface area contributed by atoms with Crippen LogP contribution in [0.1, 0.15) is 18.2 Å². The first kappa shape index (κ1) is 14.5. The van der Waals surface area contributed by atoms with Crippen LogP contribution in [-0.2, 0) is 4.79 Å². The van der Waals surface area contributed by atoms with E-state index in [4.69, 9.17) is 0 Å². The standard InChI is InChI=1S/C15H17N3OS/c1-10-4-6-13(7-5-10)18-14(19)12(3)20-15-16-9-8-11(2)17-15/h4-9,12H,1-3H3,(H,18,19)/t12-/m0/s1. The number of rotatable bonds is 4. The lowest BCUT2D eigenvalue weighted by atomic mass is 10.2. The third-order valence-electron chi connectivity index (χ3n) is 2.74. The third kappa shape index (κ3) is 4.06. The van der Waals surface area contributed by atoms with Crippen molar-refractivity contribution < 1.29 is 4.79 Å². The van der Waals surface area contributed by atoms with Crippen LogP contribution in [0.5, 0.6) is 0 Å². The Labute approximate surface area is 123 Å². The summed E-state index contributed by atoms with van der Waals surface area (Å²) < 4.78 is 0. The van der Waals surface area contributed by atoms with Gasteiger partial charge in [-0.25, -0.2) is 9.97 Å². The molecule has 1 aromatic carbocycles. The van der Waals surface area contributed by atoms with Gasteiger partial charge in [0.05, 0.1) is 5.25 Å². The van der Waals surface area contributed by atoms with Crippen molar-refractivity contribution in [2.24, 2.45) is 0 Å². The Morgan fingerprint density at radius 1 is 1.20 bits per heavy atom. The summed E-state index contributed by atoms with van der Waals surface area (Å²) in [6, 6.07) is 9.57. The summed E-state index contributed by atoms with van der Waals surface area (Å²) in [6.45, 7) is 5.77. The van der Waals surface area contributed by atoms with Crippen LogP contribution in [0, 0.1) is 13.8 Å². The Bertz CT molecular complexity index is 598. The quantitative estimate of drug-likeness (QED) is 0.693. The van der Waals surface area contributed by atoms with Gasteiger partial charge in [0.15, 0.2) is 5.16 Å². The van der Waals surface area contributed by atoms with E-state index in [1.54, 1.807) is 6.20 Å². The van der Waals surface area contributed by atoms with Crippen LogP contribution in [0.2, 0.25) is 0 Å². The maximum absolute atomic E-state index is 12.1. The maximum Gasteiger partial charge on any atom is 0.237 e. The first-order chi connectivity index (χ1) is 9.54. The van der Waals surface area contributed by atoms with Crippen LogP contribution < -0.4 is 5.32 Å². The molecule has 0 radical (unpaired) electrons. The molecule has 0 aliphatic rings. The van der Waals surface area contributed by atoms with Gasteiger partial charge in [-0.15, -0.1) is 0 Å². The highest BCUT2D eigenvalue weighted by Crippen LogP contribution is 2.20. The number of benzene rings is 1. The van der Waals surface area contributed by atoms with E-state index in [1.807, 2.05) is 51.1 Å². The van der Waals surface area contributed by atoms with Crippen molar-refractivity contribution in [3.63, 3.8) is 0 Å². The summed E-state index contributed by atoms with van der Waals surface area (Å²) in [5, 5.41) is 3.26. The molecule has 0 aliphatic heterocycles. The summed E-state index contributed by atoms with van der Waals surface area (Å²) in [5.74, 6) is -0.0519. The van der Waals surface area contributed by atoms with E-state index in [1.165, 1.54) is 17.3 Å². The number of hydrogen-bond acceptors (Lipinski definition) is 4. The zero-order valence-corrected chi connectivity index (χ0v) is 12.6. The SMILES string of the molecule is Cc1ccc(NC(=O)[C@H](C)Sc2nccc(C)n2)cc1. The molecule has 20 heavy (non-hydrogen) atoms. The van der Waals surface area contributed by atoms with E-state index in [0.717, 1.165) is 11.4 Å². The summed E-state index contributed by atoms with van der Waals surface area (Å²) in [5.41, 5.74) is 2.87. The number of anilines is 1. The zero-order valence-electron chi connectivity index (χ0n) is 11.8. The van der Waals surface area contributed by atoms with Crippen molar-refractivity contribution in [2.45, 2.75) is 31.2 Å². The number of nitrogens with zero attached hydrogens (tertiary/aromatic N) is 2. The molecule has 1 amide bonds. The van der Waals surface area contributed by atoms with E-state index in [-0.39, 0.29) is 11.2 Å². The lowest BCUT2D eigenvalue weighted by Crippen LogP contribution is -2.22. The van der Waals surface area contributed by atoms with Crippen molar-refractivity contribution in [1.82, 2.24) is 9.97 Å². The second-order valence-corrected chi connectivity index (χ2v) is 5.90. The fraction of sp³-hybridized carbons (Fsp3) is 0.267. The molecular formula is C15H17N3OS. The molecule has 0 fully saturated rings. The molecule has 1 N–H and O–H groups in total. The van der Waals surface area contributed by atoms with Crippen LogP contribution >= 0.6 is 11.8 Å². The number of amides is 1. The van der Waals surface area contributed by atoms with Crippen molar-refractivity contribution in [3.05, 3.63) is 47.8 Å². The second kappa shape index (κ2) is 6.52. The molecule has 0 saturated carbocycles. The van der Waals surface area contributed by atoms with Gasteiger partial charge in [0.25, 0.3) is 0 Å². The summed E-state index contributed by atoms with van der Waals surface area (Å²) in [4.78, 5) is 20.5.